The molecule has 2 atom stereocenters. The molecule has 0 saturated heterocycles. The summed E-state index contributed by atoms with van der Waals surface area (Å²) in [5, 5.41) is 21.4. The monoisotopic (exact) mass is 339 g/mol. The SMILES string of the molecule is CC(C)(C)c1nnc2ccc(NC3CCCCC3n3cccn3)nn12. The predicted octanol–water partition coefficient (Wildman–Crippen LogP) is 3.21. The van der Waals surface area contributed by atoms with Gasteiger partial charge >= 0.3 is 0 Å². The average Bonchev–Trinajstić information content (AvgIpc) is 3.24. The van der Waals surface area contributed by atoms with Crippen molar-refractivity contribution in [3.63, 3.8) is 0 Å². The zero-order valence-electron chi connectivity index (χ0n) is 15.1. The number of anilines is 1. The first-order chi connectivity index (χ1) is 12.0. The molecule has 132 valence electrons. The molecule has 1 fully saturated rings. The number of nitrogens with one attached hydrogen (secondary N) is 1. The largest absolute Gasteiger partial charge is 0.364 e. The summed E-state index contributed by atoms with van der Waals surface area (Å²) in [4.78, 5) is 0. The molecule has 0 bridgehead atoms. The van der Waals surface area contributed by atoms with Gasteiger partial charge in [-0.3, -0.25) is 4.68 Å². The molecule has 0 spiro atoms. The number of nitrogens with zero attached hydrogens (tertiary/aromatic N) is 6. The number of aromatic nitrogens is 6. The summed E-state index contributed by atoms with van der Waals surface area (Å²) in [7, 11) is 0. The summed E-state index contributed by atoms with van der Waals surface area (Å²) in [6.45, 7) is 6.38. The number of rotatable bonds is 3. The molecule has 1 N–H and O–H groups in total. The van der Waals surface area contributed by atoms with Crippen molar-refractivity contribution in [2.24, 2.45) is 0 Å². The fraction of sp³-hybridized carbons (Fsp3) is 0.556. The van der Waals surface area contributed by atoms with Gasteiger partial charge in [0.15, 0.2) is 11.5 Å². The molecule has 4 rings (SSSR count). The van der Waals surface area contributed by atoms with Crippen LogP contribution in [0.3, 0.4) is 0 Å². The quantitative estimate of drug-likeness (QED) is 0.793. The van der Waals surface area contributed by atoms with E-state index in [1.165, 1.54) is 12.8 Å². The molecule has 25 heavy (non-hydrogen) atoms. The van der Waals surface area contributed by atoms with Gasteiger partial charge in [-0.05, 0) is 31.0 Å². The highest BCUT2D eigenvalue weighted by molar-refractivity contribution is 5.45. The molecular formula is C18H25N7. The number of fused-ring (bicyclic) bond motifs is 1. The third-order valence-corrected chi connectivity index (χ3v) is 4.86. The van der Waals surface area contributed by atoms with Crippen LogP contribution in [-0.2, 0) is 5.41 Å². The maximum Gasteiger partial charge on any atom is 0.178 e. The van der Waals surface area contributed by atoms with Crippen molar-refractivity contribution in [3.05, 3.63) is 36.4 Å². The highest BCUT2D eigenvalue weighted by atomic mass is 15.4. The average molecular weight is 339 g/mol. The highest BCUT2D eigenvalue weighted by Gasteiger charge is 2.27. The highest BCUT2D eigenvalue weighted by Crippen LogP contribution is 2.30. The van der Waals surface area contributed by atoms with Crippen LogP contribution in [0.5, 0.6) is 0 Å². The molecule has 0 amide bonds. The van der Waals surface area contributed by atoms with Crippen molar-refractivity contribution < 1.29 is 0 Å². The summed E-state index contributed by atoms with van der Waals surface area (Å²) >= 11 is 0. The second-order valence-corrected chi connectivity index (χ2v) is 7.85. The lowest BCUT2D eigenvalue weighted by Crippen LogP contribution is -2.35. The maximum absolute atomic E-state index is 4.76. The molecule has 7 heteroatoms. The standard InChI is InChI=1S/C18H25N7/c1-18(2,3)17-22-21-16-10-9-15(23-25(16)17)20-13-7-4-5-8-14(13)24-12-6-11-19-24/h6,9-14H,4-5,7-8H2,1-3H3,(H,20,23). The van der Waals surface area contributed by atoms with E-state index in [1.807, 2.05) is 28.9 Å². The van der Waals surface area contributed by atoms with Crippen LogP contribution in [0.1, 0.15) is 58.3 Å². The Hall–Kier alpha value is -2.44. The molecular weight excluding hydrogens is 314 g/mol. The molecule has 7 nitrogen and oxygen atoms in total. The van der Waals surface area contributed by atoms with Crippen LogP contribution in [0.15, 0.2) is 30.6 Å². The zero-order valence-corrected chi connectivity index (χ0v) is 15.1. The molecule has 0 aromatic carbocycles. The predicted molar refractivity (Wildman–Crippen MR) is 96.6 cm³/mol. The van der Waals surface area contributed by atoms with E-state index in [1.54, 1.807) is 0 Å². The van der Waals surface area contributed by atoms with E-state index in [-0.39, 0.29) is 5.41 Å². The Labute approximate surface area is 147 Å². The van der Waals surface area contributed by atoms with E-state index in [0.717, 1.165) is 30.1 Å². The van der Waals surface area contributed by atoms with E-state index in [9.17, 15) is 0 Å². The first-order valence-electron chi connectivity index (χ1n) is 9.01. The van der Waals surface area contributed by atoms with Crippen molar-refractivity contribution in [3.8, 4) is 0 Å². The first-order valence-corrected chi connectivity index (χ1v) is 9.01. The first kappa shape index (κ1) is 16.1. The minimum absolute atomic E-state index is 0.104. The Bertz CT molecular complexity index is 844. The van der Waals surface area contributed by atoms with Crippen LogP contribution in [0, 0.1) is 0 Å². The van der Waals surface area contributed by atoms with Crippen LogP contribution in [-0.4, -0.2) is 35.6 Å². The van der Waals surface area contributed by atoms with Gasteiger partial charge < -0.3 is 5.32 Å². The Morgan fingerprint density at radius 2 is 1.96 bits per heavy atom. The lowest BCUT2D eigenvalue weighted by Gasteiger charge is -2.32. The summed E-state index contributed by atoms with van der Waals surface area (Å²) in [6, 6.07) is 6.65. The van der Waals surface area contributed by atoms with E-state index >= 15 is 0 Å². The summed E-state index contributed by atoms with van der Waals surface area (Å²) in [5.41, 5.74) is 0.677. The Balaban J connectivity index is 1.63. The van der Waals surface area contributed by atoms with E-state index in [4.69, 9.17) is 5.10 Å². The second-order valence-electron chi connectivity index (χ2n) is 7.85. The second kappa shape index (κ2) is 6.13. The zero-order chi connectivity index (χ0) is 17.4. The lowest BCUT2D eigenvalue weighted by atomic mass is 9.90. The van der Waals surface area contributed by atoms with E-state index < -0.39 is 0 Å². The Morgan fingerprint density at radius 3 is 2.72 bits per heavy atom. The minimum Gasteiger partial charge on any atom is -0.364 e. The molecule has 3 aromatic heterocycles. The van der Waals surface area contributed by atoms with Crippen LogP contribution < -0.4 is 5.32 Å². The third kappa shape index (κ3) is 3.10. The van der Waals surface area contributed by atoms with Gasteiger partial charge in [0, 0.05) is 17.8 Å². The van der Waals surface area contributed by atoms with Crippen LogP contribution in [0.25, 0.3) is 5.65 Å². The summed E-state index contributed by atoms with van der Waals surface area (Å²) < 4.78 is 3.93. The van der Waals surface area contributed by atoms with Crippen molar-refractivity contribution >= 4 is 11.5 Å². The summed E-state index contributed by atoms with van der Waals surface area (Å²) in [5.74, 6) is 1.74. The number of hydrogen-bond donors (Lipinski definition) is 1. The Kier molecular flexibility index (Phi) is 3.94. The van der Waals surface area contributed by atoms with Crippen LogP contribution in [0.4, 0.5) is 5.82 Å². The van der Waals surface area contributed by atoms with E-state index in [0.29, 0.717) is 12.1 Å². The third-order valence-electron chi connectivity index (χ3n) is 4.86. The topological polar surface area (TPSA) is 72.9 Å². The van der Waals surface area contributed by atoms with Gasteiger partial charge in [0.2, 0.25) is 0 Å². The fourth-order valence-corrected chi connectivity index (χ4v) is 3.60. The smallest absolute Gasteiger partial charge is 0.178 e. The molecule has 1 aliphatic rings. The van der Waals surface area contributed by atoms with Gasteiger partial charge in [0.05, 0.1) is 12.1 Å². The molecule has 2 unspecified atom stereocenters. The van der Waals surface area contributed by atoms with Crippen LogP contribution in [0.2, 0.25) is 0 Å². The van der Waals surface area contributed by atoms with Gasteiger partial charge in [-0.2, -0.15) is 9.61 Å². The minimum atomic E-state index is -0.104. The molecule has 1 saturated carbocycles. The molecule has 3 heterocycles. The van der Waals surface area contributed by atoms with Gasteiger partial charge in [-0.15, -0.1) is 15.3 Å². The fourth-order valence-electron chi connectivity index (χ4n) is 3.60. The van der Waals surface area contributed by atoms with Crippen molar-refractivity contribution in [2.45, 2.75) is 64.0 Å². The molecule has 0 radical (unpaired) electrons. The number of hydrogen-bond acceptors (Lipinski definition) is 5. The Morgan fingerprint density at radius 1 is 1.12 bits per heavy atom. The van der Waals surface area contributed by atoms with E-state index in [2.05, 4.69) is 52.3 Å². The van der Waals surface area contributed by atoms with Gasteiger partial charge in [-0.1, -0.05) is 33.6 Å². The van der Waals surface area contributed by atoms with Crippen molar-refractivity contribution in [1.29, 1.82) is 0 Å². The van der Waals surface area contributed by atoms with Gasteiger partial charge in [0.25, 0.3) is 0 Å². The van der Waals surface area contributed by atoms with Gasteiger partial charge in [-0.25, -0.2) is 0 Å². The van der Waals surface area contributed by atoms with Crippen LogP contribution >= 0.6 is 0 Å². The van der Waals surface area contributed by atoms with Crippen molar-refractivity contribution in [2.75, 3.05) is 5.32 Å². The molecule has 0 aliphatic heterocycles. The maximum atomic E-state index is 4.76. The molecule has 1 aliphatic carbocycles. The van der Waals surface area contributed by atoms with Gasteiger partial charge in [0.1, 0.15) is 5.82 Å². The lowest BCUT2D eigenvalue weighted by molar-refractivity contribution is 0.300. The summed E-state index contributed by atoms with van der Waals surface area (Å²) in [6.07, 6.45) is 8.65. The normalized spacial score (nSPS) is 21.6. The van der Waals surface area contributed by atoms with Crippen molar-refractivity contribution in [1.82, 2.24) is 29.6 Å². The molecule has 3 aromatic rings.